The smallest absolute Gasteiger partial charge is 0.123 e. The minimum absolute atomic E-state index is 0.408. The molecule has 32 heavy (non-hydrogen) atoms. The lowest BCUT2D eigenvalue weighted by Crippen LogP contribution is -2.16. The molecule has 0 fully saturated rings. The van der Waals surface area contributed by atoms with Crippen LogP contribution in [0.1, 0.15) is 34.5 Å². The summed E-state index contributed by atoms with van der Waals surface area (Å²) < 4.78 is 0. The van der Waals surface area contributed by atoms with Gasteiger partial charge in [-0.3, -0.25) is 0 Å². The van der Waals surface area contributed by atoms with Crippen LogP contribution >= 0.6 is 0 Å². The third-order valence-electron chi connectivity index (χ3n) is 5.15. The van der Waals surface area contributed by atoms with Gasteiger partial charge in [-0.1, -0.05) is 121 Å². The van der Waals surface area contributed by atoms with Gasteiger partial charge in [-0.25, -0.2) is 0 Å². The summed E-state index contributed by atoms with van der Waals surface area (Å²) in [6.45, 7) is 0. The summed E-state index contributed by atoms with van der Waals surface area (Å²) in [6.07, 6.45) is -1.93. The second-order valence-electron chi connectivity index (χ2n) is 7.33. The average Bonchev–Trinajstić information content (AvgIpc) is 2.88. The summed E-state index contributed by atoms with van der Waals surface area (Å²) in [5.74, 6) is 0. The molecule has 0 aliphatic carbocycles. The van der Waals surface area contributed by atoms with E-state index in [0.717, 1.165) is 22.3 Å². The van der Waals surface area contributed by atoms with Crippen molar-refractivity contribution >= 4 is 11.4 Å². The maximum absolute atomic E-state index is 11.1. The van der Waals surface area contributed by atoms with Gasteiger partial charge >= 0.3 is 0 Å². The summed E-state index contributed by atoms with van der Waals surface area (Å²) in [7, 11) is 0. The van der Waals surface area contributed by atoms with E-state index in [0.29, 0.717) is 11.4 Å². The molecule has 4 heteroatoms. The molecule has 4 aromatic carbocycles. The summed E-state index contributed by atoms with van der Waals surface area (Å²) in [5.41, 5.74) is 3.77. The van der Waals surface area contributed by atoms with Gasteiger partial charge in [0, 0.05) is 11.1 Å². The van der Waals surface area contributed by atoms with Gasteiger partial charge in [0.2, 0.25) is 0 Å². The fraction of sp³-hybridized carbons (Fsp3) is 0.0714. The Bertz CT molecular complexity index is 1080. The molecule has 0 amide bonds. The van der Waals surface area contributed by atoms with Crippen LogP contribution in [0.15, 0.2) is 132 Å². The molecule has 4 aromatic rings. The monoisotopic (exact) mass is 420 g/mol. The highest BCUT2D eigenvalue weighted by Crippen LogP contribution is 2.22. The average molecular weight is 421 g/mol. The molecule has 0 unspecified atom stereocenters. The Morgan fingerprint density at radius 3 is 1.03 bits per heavy atom. The van der Waals surface area contributed by atoms with Crippen LogP contribution in [0, 0.1) is 0 Å². The number of hydrogen-bond acceptors (Lipinski definition) is 4. The van der Waals surface area contributed by atoms with Crippen LogP contribution < -0.4 is 0 Å². The van der Waals surface area contributed by atoms with Crippen molar-refractivity contribution in [2.24, 2.45) is 10.2 Å². The number of aliphatic hydroxyl groups is 2. The maximum Gasteiger partial charge on any atom is 0.123 e. The van der Waals surface area contributed by atoms with Crippen LogP contribution in [0.3, 0.4) is 0 Å². The normalized spacial score (nSPS) is 14.1. The number of benzene rings is 4. The third kappa shape index (κ3) is 5.06. The topological polar surface area (TPSA) is 65.2 Å². The van der Waals surface area contributed by atoms with Gasteiger partial charge in [0.05, 0.1) is 0 Å². The van der Waals surface area contributed by atoms with Crippen molar-refractivity contribution < 1.29 is 10.2 Å². The Labute approximate surface area is 187 Å². The quantitative estimate of drug-likeness (QED) is 0.313. The fourth-order valence-corrected chi connectivity index (χ4v) is 3.45. The van der Waals surface area contributed by atoms with Crippen molar-refractivity contribution in [3.8, 4) is 0 Å². The van der Waals surface area contributed by atoms with Gasteiger partial charge in [0.1, 0.15) is 23.6 Å². The Morgan fingerprint density at radius 1 is 0.438 bits per heavy atom. The van der Waals surface area contributed by atoms with E-state index >= 15 is 0 Å². The predicted octanol–water partition coefficient (Wildman–Crippen LogP) is 5.35. The number of nitrogens with zero attached hydrogens (tertiary/aromatic N) is 2. The highest BCUT2D eigenvalue weighted by Gasteiger charge is 2.20. The molecule has 0 heterocycles. The molecule has 0 aliphatic rings. The van der Waals surface area contributed by atoms with Crippen LogP contribution in [-0.4, -0.2) is 21.6 Å². The van der Waals surface area contributed by atoms with Crippen LogP contribution in [0.25, 0.3) is 0 Å². The van der Waals surface area contributed by atoms with Crippen LogP contribution in [0.4, 0.5) is 0 Å². The molecule has 0 aromatic heterocycles. The Kier molecular flexibility index (Phi) is 6.98. The van der Waals surface area contributed by atoms with Gasteiger partial charge in [0.25, 0.3) is 0 Å². The Balaban J connectivity index is 1.82. The van der Waals surface area contributed by atoms with E-state index in [-0.39, 0.29) is 0 Å². The van der Waals surface area contributed by atoms with Crippen molar-refractivity contribution in [3.63, 3.8) is 0 Å². The van der Waals surface area contributed by atoms with E-state index in [2.05, 4.69) is 10.2 Å². The zero-order chi connectivity index (χ0) is 22.2. The summed E-state index contributed by atoms with van der Waals surface area (Å²) in [4.78, 5) is 0. The van der Waals surface area contributed by atoms with E-state index < -0.39 is 12.2 Å². The van der Waals surface area contributed by atoms with E-state index in [1.165, 1.54) is 0 Å². The molecule has 0 radical (unpaired) electrons. The first-order chi connectivity index (χ1) is 15.7. The molecule has 0 aliphatic heterocycles. The van der Waals surface area contributed by atoms with Gasteiger partial charge in [-0.15, -0.1) is 0 Å². The Hall–Kier alpha value is -3.86. The van der Waals surface area contributed by atoms with E-state index in [9.17, 15) is 10.2 Å². The van der Waals surface area contributed by atoms with Crippen molar-refractivity contribution in [2.45, 2.75) is 12.2 Å². The van der Waals surface area contributed by atoms with Gasteiger partial charge < -0.3 is 10.2 Å². The standard InChI is InChI=1S/C28H24N2O2/c31-27(23-17-9-3-10-18-23)25(21-13-5-1-6-14-21)29-30-26(22-15-7-2-8-16-22)28(32)24-19-11-4-12-20-24/h1-20,27-28,31-32H/b29-25-,30-26+/t27-,28-/m0/s1. The molecular formula is C28H24N2O2. The number of hydrogen-bond donors (Lipinski definition) is 2. The number of aliphatic hydroxyl groups excluding tert-OH is 2. The molecule has 158 valence electrons. The molecule has 2 atom stereocenters. The predicted molar refractivity (Wildman–Crippen MR) is 129 cm³/mol. The van der Waals surface area contributed by atoms with Crippen LogP contribution in [0.2, 0.25) is 0 Å². The van der Waals surface area contributed by atoms with E-state index in [1.807, 2.05) is 121 Å². The second kappa shape index (κ2) is 10.4. The van der Waals surface area contributed by atoms with Crippen LogP contribution in [-0.2, 0) is 0 Å². The van der Waals surface area contributed by atoms with Gasteiger partial charge in [0.15, 0.2) is 0 Å². The molecule has 2 N–H and O–H groups in total. The zero-order valence-corrected chi connectivity index (χ0v) is 17.5. The molecule has 4 nitrogen and oxygen atoms in total. The first-order valence-corrected chi connectivity index (χ1v) is 10.5. The maximum atomic E-state index is 11.1. The lowest BCUT2D eigenvalue weighted by atomic mass is 9.99. The highest BCUT2D eigenvalue weighted by atomic mass is 16.3. The van der Waals surface area contributed by atoms with Crippen LogP contribution in [0.5, 0.6) is 0 Å². The summed E-state index contributed by atoms with van der Waals surface area (Å²) >= 11 is 0. The van der Waals surface area contributed by atoms with Gasteiger partial charge in [-0.2, -0.15) is 10.2 Å². The second-order valence-corrected chi connectivity index (χ2v) is 7.33. The molecule has 0 saturated heterocycles. The molecular weight excluding hydrogens is 396 g/mol. The summed E-state index contributed by atoms with van der Waals surface area (Å²) in [5, 5.41) is 31.2. The minimum Gasteiger partial charge on any atom is -0.382 e. The van der Waals surface area contributed by atoms with E-state index in [4.69, 9.17) is 0 Å². The molecule has 0 spiro atoms. The van der Waals surface area contributed by atoms with E-state index in [1.54, 1.807) is 0 Å². The molecule has 0 bridgehead atoms. The van der Waals surface area contributed by atoms with Crippen molar-refractivity contribution in [3.05, 3.63) is 144 Å². The highest BCUT2D eigenvalue weighted by molar-refractivity contribution is 6.07. The van der Waals surface area contributed by atoms with Crippen molar-refractivity contribution in [2.75, 3.05) is 0 Å². The SMILES string of the molecule is O[C@H](/C(=N\N=C(/c1ccccc1)[C@@H](O)c1ccccc1)c1ccccc1)c1ccccc1. The Morgan fingerprint density at radius 2 is 0.719 bits per heavy atom. The summed E-state index contributed by atoms with van der Waals surface area (Å²) in [6, 6.07) is 37.6. The fourth-order valence-electron chi connectivity index (χ4n) is 3.45. The van der Waals surface area contributed by atoms with Crippen molar-refractivity contribution in [1.29, 1.82) is 0 Å². The first kappa shape index (κ1) is 21.4. The zero-order valence-electron chi connectivity index (χ0n) is 17.5. The lowest BCUT2D eigenvalue weighted by Gasteiger charge is -2.16. The molecule has 0 saturated carbocycles. The third-order valence-corrected chi connectivity index (χ3v) is 5.15. The number of rotatable bonds is 7. The largest absolute Gasteiger partial charge is 0.382 e. The lowest BCUT2D eigenvalue weighted by molar-refractivity contribution is 0.245. The van der Waals surface area contributed by atoms with Crippen molar-refractivity contribution in [1.82, 2.24) is 0 Å². The first-order valence-electron chi connectivity index (χ1n) is 10.5. The minimum atomic E-state index is -0.965. The molecule has 4 rings (SSSR count). The van der Waals surface area contributed by atoms with Gasteiger partial charge in [-0.05, 0) is 11.1 Å².